The van der Waals surface area contributed by atoms with E-state index in [0.29, 0.717) is 18.2 Å². The predicted octanol–water partition coefficient (Wildman–Crippen LogP) is 4.81. The van der Waals surface area contributed by atoms with Gasteiger partial charge < -0.3 is 14.5 Å². The van der Waals surface area contributed by atoms with Crippen molar-refractivity contribution in [3.8, 4) is 17.2 Å². The van der Waals surface area contributed by atoms with Crippen LogP contribution in [0.2, 0.25) is 0 Å². The van der Waals surface area contributed by atoms with Crippen molar-refractivity contribution in [2.45, 2.75) is 20.4 Å². The van der Waals surface area contributed by atoms with Gasteiger partial charge in [-0.2, -0.15) is 0 Å². The van der Waals surface area contributed by atoms with Crippen molar-refractivity contribution in [3.05, 3.63) is 83.4 Å². The molecule has 1 aromatic heterocycles. The van der Waals surface area contributed by atoms with Gasteiger partial charge in [-0.05, 0) is 66.9 Å². The van der Waals surface area contributed by atoms with Crippen LogP contribution in [-0.2, 0) is 11.3 Å². The molecule has 1 amide bonds. The Morgan fingerprint density at radius 1 is 1.00 bits per heavy atom. The third-order valence-electron chi connectivity index (χ3n) is 4.55. The molecular formula is C24H22N2O3. The second kappa shape index (κ2) is 8.19. The number of hydrogen-bond donors (Lipinski definition) is 1. The molecule has 0 fully saturated rings. The molecule has 4 aromatic rings. The average molecular weight is 386 g/mol. The van der Waals surface area contributed by atoms with E-state index >= 15 is 0 Å². The van der Waals surface area contributed by atoms with E-state index in [2.05, 4.69) is 16.4 Å². The zero-order chi connectivity index (χ0) is 20.2. The van der Waals surface area contributed by atoms with Crippen LogP contribution in [0, 0.1) is 13.8 Å². The fraction of sp³-hybridized carbons (Fsp3) is 0.167. The highest BCUT2D eigenvalue weighted by atomic mass is 16.5. The number of ether oxygens (including phenoxy) is 1. The summed E-state index contributed by atoms with van der Waals surface area (Å²) in [7, 11) is 0. The molecule has 0 radical (unpaired) electrons. The van der Waals surface area contributed by atoms with Gasteiger partial charge in [-0.1, -0.05) is 30.3 Å². The first-order valence-electron chi connectivity index (χ1n) is 9.49. The number of nitrogens with one attached hydrogen (secondary N) is 1. The Kier molecular flexibility index (Phi) is 5.29. The lowest BCUT2D eigenvalue weighted by Crippen LogP contribution is -2.28. The van der Waals surface area contributed by atoms with E-state index in [9.17, 15) is 4.79 Å². The molecule has 5 heteroatoms. The van der Waals surface area contributed by atoms with E-state index in [0.717, 1.165) is 33.4 Å². The van der Waals surface area contributed by atoms with Crippen LogP contribution in [0.4, 0.5) is 0 Å². The molecule has 3 aromatic carbocycles. The lowest BCUT2D eigenvalue weighted by Gasteiger charge is -2.09. The van der Waals surface area contributed by atoms with Crippen LogP contribution in [0.1, 0.15) is 16.7 Å². The average Bonchev–Trinajstić information content (AvgIpc) is 3.15. The van der Waals surface area contributed by atoms with Gasteiger partial charge in [0, 0.05) is 12.1 Å². The lowest BCUT2D eigenvalue weighted by atomic mass is 10.1. The summed E-state index contributed by atoms with van der Waals surface area (Å²) in [6.45, 7) is 4.43. The number of aromatic nitrogens is 1. The highest BCUT2D eigenvalue weighted by Crippen LogP contribution is 2.24. The zero-order valence-corrected chi connectivity index (χ0v) is 16.4. The molecule has 0 spiro atoms. The summed E-state index contributed by atoms with van der Waals surface area (Å²) < 4.78 is 11.4. The predicted molar refractivity (Wildman–Crippen MR) is 113 cm³/mol. The standard InChI is InChI=1S/C24H22N2O3/c1-16-11-17(2)13-20(12-16)28-15-23(27)25-14-18-7-9-19(10-8-18)24-26-21-5-3-4-6-22(21)29-24/h3-13H,14-15H2,1-2H3,(H,25,27). The molecule has 0 aliphatic carbocycles. The van der Waals surface area contributed by atoms with Gasteiger partial charge in [-0.15, -0.1) is 0 Å². The van der Waals surface area contributed by atoms with Gasteiger partial charge in [0.2, 0.25) is 5.89 Å². The number of amides is 1. The third-order valence-corrected chi connectivity index (χ3v) is 4.55. The smallest absolute Gasteiger partial charge is 0.258 e. The third kappa shape index (κ3) is 4.63. The Bertz CT molecular complexity index is 1090. The molecule has 5 nitrogen and oxygen atoms in total. The molecule has 0 bridgehead atoms. The maximum Gasteiger partial charge on any atom is 0.258 e. The SMILES string of the molecule is Cc1cc(C)cc(OCC(=O)NCc2ccc(-c3nc4ccccc4o3)cc2)c1. The number of rotatable bonds is 6. The summed E-state index contributed by atoms with van der Waals surface area (Å²) in [4.78, 5) is 16.6. The van der Waals surface area contributed by atoms with Crippen LogP contribution in [0.5, 0.6) is 5.75 Å². The van der Waals surface area contributed by atoms with Gasteiger partial charge in [0.15, 0.2) is 12.2 Å². The van der Waals surface area contributed by atoms with Crippen LogP contribution >= 0.6 is 0 Å². The summed E-state index contributed by atoms with van der Waals surface area (Å²) in [6.07, 6.45) is 0. The van der Waals surface area contributed by atoms with Gasteiger partial charge in [0.1, 0.15) is 11.3 Å². The summed E-state index contributed by atoms with van der Waals surface area (Å²) in [6, 6.07) is 21.4. The van der Waals surface area contributed by atoms with Crippen LogP contribution in [0.25, 0.3) is 22.6 Å². The van der Waals surface area contributed by atoms with Crippen molar-refractivity contribution >= 4 is 17.0 Å². The van der Waals surface area contributed by atoms with E-state index in [1.807, 2.05) is 74.5 Å². The molecule has 0 aliphatic heterocycles. The molecule has 1 N–H and O–H groups in total. The minimum absolute atomic E-state index is 0.0100. The van der Waals surface area contributed by atoms with Crippen molar-refractivity contribution in [2.75, 3.05) is 6.61 Å². The van der Waals surface area contributed by atoms with Crippen molar-refractivity contribution in [1.29, 1.82) is 0 Å². The molecule has 146 valence electrons. The molecule has 0 unspecified atom stereocenters. The van der Waals surface area contributed by atoms with Gasteiger partial charge in [-0.3, -0.25) is 4.79 Å². The fourth-order valence-corrected chi connectivity index (χ4v) is 3.18. The molecule has 0 aliphatic rings. The Morgan fingerprint density at radius 2 is 1.72 bits per heavy atom. The number of hydrogen-bond acceptors (Lipinski definition) is 4. The van der Waals surface area contributed by atoms with Crippen molar-refractivity contribution in [2.24, 2.45) is 0 Å². The minimum atomic E-state index is -0.160. The monoisotopic (exact) mass is 386 g/mol. The number of carbonyl (C=O) groups excluding carboxylic acids is 1. The Labute approximate surface area is 169 Å². The molecule has 1 heterocycles. The highest BCUT2D eigenvalue weighted by Gasteiger charge is 2.08. The topological polar surface area (TPSA) is 64.4 Å². The Balaban J connectivity index is 1.32. The Morgan fingerprint density at radius 3 is 2.45 bits per heavy atom. The normalized spacial score (nSPS) is 10.8. The molecule has 0 saturated carbocycles. The second-order valence-electron chi connectivity index (χ2n) is 7.07. The van der Waals surface area contributed by atoms with E-state index in [4.69, 9.17) is 9.15 Å². The number of nitrogens with zero attached hydrogens (tertiary/aromatic N) is 1. The van der Waals surface area contributed by atoms with Crippen LogP contribution in [0.3, 0.4) is 0 Å². The number of oxazole rings is 1. The van der Waals surface area contributed by atoms with Crippen LogP contribution < -0.4 is 10.1 Å². The highest BCUT2D eigenvalue weighted by molar-refractivity contribution is 5.77. The van der Waals surface area contributed by atoms with Gasteiger partial charge in [0.05, 0.1) is 0 Å². The number of fused-ring (bicyclic) bond motifs is 1. The first-order chi connectivity index (χ1) is 14.1. The van der Waals surface area contributed by atoms with Crippen molar-refractivity contribution < 1.29 is 13.9 Å². The molecule has 4 rings (SSSR count). The fourth-order valence-electron chi connectivity index (χ4n) is 3.18. The number of para-hydroxylation sites is 2. The minimum Gasteiger partial charge on any atom is -0.484 e. The lowest BCUT2D eigenvalue weighted by molar-refractivity contribution is -0.123. The maximum atomic E-state index is 12.1. The first-order valence-corrected chi connectivity index (χ1v) is 9.49. The second-order valence-corrected chi connectivity index (χ2v) is 7.07. The van der Waals surface area contributed by atoms with Crippen molar-refractivity contribution in [1.82, 2.24) is 10.3 Å². The molecule has 0 saturated heterocycles. The molecular weight excluding hydrogens is 364 g/mol. The van der Waals surface area contributed by atoms with Gasteiger partial charge in [0.25, 0.3) is 5.91 Å². The number of benzene rings is 3. The van der Waals surface area contributed by atoms with E-state index in [-0.39, 0.29) is 12.5 Å². The van der Waals surface area contributed by atoms with Gasteiger partial charge in [-0.25, -0.2) is 4.98 Å². The molecule has 0 atom stereocenters. The molecule has 29 heavy (non-hydrogen) atoms. The number of carbonyl (C=O) groups is 1. The zero-order valence-electron chi connectivity index (χ0n) is 16.4. The summed E-state index contributed by atoms with van der Waals surface area (Å²) in [5.74, 6) is 1.14. The van der Waals surface area contributed by atoms with Crippen LogP contribution in [-0.4, -0.2) is 17.5 Å². The van der Waals surface area contributed by atoms with Crippen molar-refractivity contribution in [3.63, 3.8) is 0 Å². The largest absolute Gasteiger partial charge is 0.484 e. The van der Waals surface area contributed by atoms with Gasteiger partial charge >= 0.3 is 0 Å². The Hall–Kier alpha value is -3.60. The maximum absolute atomic E-state index is 12.1. The summed E-state index contributed by atoms with van der Waals surface area (Å²) in [5.41, 5.74) is 5.71. The van der Waals surface area contributed by atoms with E-state index in [1.54, 1.807) is 0 Å². The first kappa shape index (κ1) is 18.7. The van der Waals surface area contributed by atoms with E-state index < -0.39 is 0 Å². The van der Waals surface area contributed by atoms with Crippen LogP contribution in [0.15, 0.2) is 71.1 Å². The summed E-state index contributed by atoms with van der Waals surface area (Å²) >= 11 is 0. The number of aryl methyl sites for hydroxylation is 2. The quantitative estimate of drug-likeness (QED) is 0.517. The van der Waals surface area contributed by atoms with E-state index in [1.165, 1.54) is 0 Å². The summed E-state index contributed by atoms with van der Waals surface area (Å²) in [5, 5.41) is 2.88.